The van der Waals surface area contributed by atoms with Gasteiger partial charge in [-0.25, -0.2) is 12.8 Å². The number of anilines is 1. The van der Waals surface area contributed by atoms with Crippen molar-refractivity contribution < 1.29 is 30.7 Å². The first-order chi connectivity index (χ1) is 12.2. The fourth-order valence-electron chi connectivity index (χ4n) is 2.75. The molecule has 1 atom stereocenters. The third-order valence-corrected chi connectivity index (χ3v) is 5.46. The van der Waals surface area contributed by atoms with Gasteiger partial charge in [-0.1, -0.05) is 0 Å². The van der Waals surface area contributed by atoms with Crippen molar-refractivity contribution in [3.05, 3.63) is 42.5 Å². The van der Waals surface area contributed by atoms with Crippen LogP contribution in [0.25, 0.3) is 0 Å². The molecule has 2 aromatic rings. The molecule has 26 heavy (non-hydrogen) atoms. The molecule has 2 heterocycles. The van der Waals surface area contributed by atoms with Gasteiger partial charge in [-0.05, 0) is 24.3 Å². The first-order valence-corrected chi connectivity index (χ1v) is 9.11. The van der Waals surface area contributed by atoms with Crippen molar-refractivity contribution in [1.82, 2.24) is 9.78 Å². The maximum atomic E-state index is 13.5. The second-order valence-corrected chi connectivity index (χ2v) is 7.64. The van der Waals surface area contributed by atoms with Gasteiger partial charge in [0.15, 0.2) is 0 Å². The second kappa shape index (κ2) is 6.88. The Morgan fingerprint density at radius 2 is 2.08 bits per heavy atom. The summed E-state index contributed by atoms with van der Waals surface area (Å²) < 4.78 is 83.2. The summed E-state index contributed by atoms with van der Waals surface area (Å²) in [5, 5.41) is 4.03. The fraction of sp³-hybridized carbons (Fsp3) is 0.400. The maximum Gasteiger partial charge on any atom is 0.501 e. The monoisotopic (exact) mass is 393 g/mol. The molecule has 3 rings (SSSR count). The number of benzene rings is 1. The van der Waals surface area contributed by atoms with Gasteiger partial charge in [0.25, 0.3) is 9.84 Å². The van der Waals surface area contributed by atoms with Crippen molar-refractivity contribution in [2.24, 2.45) is 0 Å². The Hall–Kier alpha value is -2.14. The summed E-state index contributed by atoms with van der Waals surface area (Å²) in [6.45, 7) is 0.869. The number of aromatic nitrogens is 2. The van der Waals surface area contributed by atoms with Gasteiger partial charge < -0.3 is 9.64 Å². The topological polar surface area (TPSA) is 64.4 Å². The number of sulfone groups is 1. The highest BCUT2D eigenvalue weighted by atomic mass is 32.2. The van der Waals surface area contributed by atoms with Gasteiger partial charge >= 0.3 is 5.51 Å². The molecule has 0 N–H and O–H groups in total. The van der Waals surface area contributed by atoms with Gasteiger partial charge in [0, 0.05) is 25.5 Å². The lowest BCUT2D eigenvalue weighted by atomic mass is 10.2. The zero-order valence-electron chi connectivity index (χ0n) is 13.4. The Bertz CT molecular complexity index is 869. The van der Waals surface area contributed by atoms with Crippen LogP contribution in [0, 0.1) is 5.82 Å². The van der Waals surface area contributed by atoms with Crippen LogP contribution in [0.5, 0.6) is 0 Å². The van der Waals surface area contributed by atoms with Crippen LogP contribution in [0.3, 0.4) is 0 Å². The third kappa shape index (κ3) is 3.68. The van der Waals surface area contributed by atoms with Crippen LogP contribution in [0.2, 0.25) is 0 Å². The lowest BCUT2D eigenvalue weighted by Crippen LogP contribution is -2.45. The number of nitrogens with zero attached hydrogens (tertiary/aromatic N) is 3. The van der Waals surface area contributed by atoms with Crippen molar-refractivity contribution >= 4 is 15.5 Å². The number of ether oxygens (including phenoxy) is 1. The van der Waals surface area contributed by atoms with E-state index in [1.807, 2.05) is 0 Å². The van der Waals surface area contributed by atoms with Crippen molar-refractivity contribution in [2.45, 2.75) is 23.1 Å². The van der Waals surface area contributed by atoms with Crippen molar-refractivity contribution in [2.75, 3.05) is 24.6 Å². The van der Waals surface area contributed by atoms with Crippen LogP contribution in [-0.2, 0) is 21.1 Å². The number of rotatable bonds is 4. The van der Waals surface area contributed by atoms with Crippen LogP contribution >= 0.6 is 0 Å². The first-order valence-electron chi connectivity index (χ1n) is 7.63. The zero-order valence-corrected chi connectivity index (χ0v) is 14.2. The fourth-order valence-corrected chi connectivity index (χ4v) is 3.74. The van der Waals surface area contributed by atoms with Gasteiger partial charge in [0.2, 0.25) is 0 Å². The van der Waals surface area contributed by atoms with Crippen molar-refractivity contribution in [3.8, 4) is 0 Å². The van der Waals surface area contributed by atoms with E-state index in [0.29, 0.717) is 12.6 Å². The number of hydrogen-bond donors (Lipinski definition) is 0. The maximum absolute atomic E-state index is 13.5. The van der Waals surface area contributed by atoms with E-state index in [4.69, 9.17) is 4.74 Å². The first kappa shape index (κ1) is 18.6. The second-order valence-electron chi connectivity index (χ2n) is 5.73. The van der Waals surface area contributed by atoms with Crippen LogP contribution in [0.1, 0.15) is 0 Å². The molecule has 1 aliphatic heterocycles. The minimum atomic E-state index is -5.69. The van der Waals surface area contributed by atoms with Gasteiger partial charge in [0.1, 0.15) is 10.7 Å². The molecule has 0 aliphatic carbocycles. The molecule has 0 spiro atoms. The Morgan fingerprint density at radius 1 is 1.31 bits per heavy atom. The molecule has 142 valence electrons. The lowest BCUT2D eigenvalue weighted by molar-refractivity contribution is -0.0436. The minimum Gasteiger partial charge on any atom is -0.373 e. The molecule has 11 heteroatoms. The molecule has 0 radical (unpaired) electrons. The van der Waals surface area contributed by atoms with E-state index in [1.54, 1.807) is 23.1 Å². The summed E-state index contributed by atoms with van der Waals surface area (Å²) in [6, 6.07) is 4.09. The van der Waals surface area contributed by atoms with E-state index in [9.17, 15) is 26.0 Å². The summed E-state index contributed by atoms with van der Waals surface area (Å²) >= 11 is 0. The predicted octanol–water partition coefficient (Wildman–Crippen LogP) is 2.22. The minimum absolute atomic E-state index is 0.145. The number of morpholine rings is 1. The SMILES string of the molecule is O=S(=O)(c1cc(F)ccc1N1CCOC(Cn2cccn2)C1)C(F)(F)F. The van der Waals surface area contributed by atoms with Gasteiger partial charge in [-0.3, -0.25) is 4.68 Å². The molecule has 1 saturated heterocycles. The molecule has 6 nitrogen and oxygen atoms in total. The van der Waals surface area contributed by atoms with Crippen LogP contribution in [0.15, 0.2) is 41.6 Å². The molecule has 1 unspecified atom stereocenters. The average Bonchev–Trinajstić information content (AvgIpc) is 3.07. The van der Waals surface area contributed by atoms with Crippen LogP contribution in [0.4, 0.5) is 23.2 Å². The Labute approximate surface area is 146 Å². The third-order valence-electron chi connectivity index (χ3n) is 3.95. The Morgan fingerprint density at radius 3 is 2.73 bits per heavy atom. The van der Waals surface area contributed by atoms with E-state index >= 15 is 0 Å². The summed E-state index contributed by atoms with van der Waals surface area (Å²) in [5.74, 6) is -1.06. The van der Waals surface area contributed by atoms with E-state index in [0.717, 1.165) is 12.1 Å². The number of hydrogen-bond acceptors (Lipinski definition) is 5. The molecular formula is C15H15F4N3O3S. The quantitative estimate of drug-likeness (QED) is 0.746. The summed E-state index contributed by atoms with van der Waals surface area (Å²) in [5.41, 5.74) is -5.71. The van der Waals surface area contributed by atoms with Gasteiger partial charge in [-0.15, -0.1) is 0 Å². The highest BCUT2D eigenvalue weighted by Crippen LogP contribution is 2.36. The summed E-state index contributed by atoms with van der Waals surface area (Å²) in [7, 11) is -5.69. The zero-order chi connectivity index (χ0) is 18.9. The van der Waals surface area contributed by atoms with Crippen molar-refractivity contribution in [3.63, 3.8) is 0 Å². The molecule has 1 fully saturated rings. The molecule has 0 saturated carbocycles. The number of alkyl halides is 3. The standard InChI is InChI=1S/C15H15F4N3O3S/c16-11-2-3-13(14(8-11)26(23,24)15(17,18)19)21-6-7-25-12(9-21)10-22-5-1-4-20-22/h1-5,8,12H,6-7,9-10H2. The van der Waals surface area contributed by atoms with E-state index in [-0.39, 0.29) is 25.4 Å². The summed E-state index contributed by atoms with van der Waals surface area (Å²) in [4.78, 5) is 0.361. The number of halogens is 4. The molecule has 1 aromatic heterocycles. The van der Waals surface area contributed by atoms with E-state index < -0.39 is 32.2 Å². The van der Waals surface area contributed by atoms with Gasteiger partial charge in [0.05, 0.1) is 24.9 Å². The predicted molar refractivity (Wildman–Crippen MR) is 83.8 cm³/mol. The van der Waals surface area contributed by atoms with E-state index in [1.165, 1.54) is 4.90 Å². The molecular weight excluding hydrogens is 378 g/mol. The summed E-state index contributed by atoms with van der Waals surface area (Å²) in [6.07, 6.45) is 2.88. The Kier molecular flexibility index (Phi) is 4.93. The highest BCUT2D eigenvalue weighted by Gasteiger charge is 2.48. The van der Waals surface area contributed by atoms with Crippen LogP contribution < -0.4 is 4.90 Å². The smallest absolute Gasteiger partial charge is 0.373 e. The van der Waals surface area contributed by atoms with Crippen molar-refractivity contribution in [1.29, 1.82) is 0 Å². The molecule has 1 aromatic carbocycles. The van der Waals surface area contributed by atoms with Gasteiger partial charge in [-0.2, -0.15) is 18.3 Å². The normalized spacial score (nSPS) is 18.9. The largest absolute Gasteiger partial charge is 0.501 e. The molecule has 0 amide bonds. The molecule has 0 bridgehead atoms. The lowest BCUT2D eigenvalue weighted by Gasteiger charge is -2.35. The molecule has 1 aliphatic rings. The average molecular weight is 393 g/mol. The van der Waals surface area contributed by atoms with E-state index in [2.05, 4.69) is 5.10 Å². The Balaban J connectivity index is 1.91. The van der Waals surface area contributed by atoms with Crippen LogP contribution in [-0.4, -0.2) is 49.5 Å². The highest BCUT2D eigenvalue weighted by molar-refractivity contribution is 7.92.